The maximum Gasteiger partial charge on any atom is 0.274 e. The first-order valence-corrected chi connectivity index (χ1v) is 6.30. The zero-order chi connectivity index (χ0) is 14.5. The Morgan fingerprint density at radius 1 is 1.50 bits per heavy atom. The van der Waals surface area contributed by atoms with Crippen molar-refractivity contribution in [1.29, 1.82) is 0 Å². The molecule has 0 aromatic carbocycles. The van der Waals surface area contributed by atoms with Gasteiger partial charge in [0.05, 0.1) is 12.1 Å². The Kier molecular flexibility index (Phi) is 4.33. The number of nitrogens with two attached hydrogens (primary N) is 1. The van der Waals surface area contributed by atoms with Crippen LogP contribution >= 0.6 is 0 Å². The van der Waals surface area contributed by atoms with Gasteiger partial charge in [0.25, 0.3) is 5.91 Å². The minimum Gasteiger partial charge on any atom is -0.342 e. The van der Waals surface area contributed by atoms with Crippen molar-refractivity contribution >= 4 is 11.8 Å². The van der Waals surface area contributed by atoms with Crippen LogP contribution in [-0.4, -0.2) is 59.8 Å². The second-order valence-electron chi connectivity index (χ2n) is 4.45. The lowest BCUT2D eigenvalue weighted by Gasteiger charge is -2.31. The fraction of sp³-hybridized carbons (Fsp3) is 0.357. The van der Waals surface area contributed by atoms with Crippen LogP contribution in [0.15, 0.2) is 18.3 Å². The van der Waals surface area contributed by atoms with Gasteiger partial charge < -0.3 is 15.5 Å². The van der Waals surface area contributed by atoms with Crippen LogP contribution in [0.1, 0.15) is 16.1 Å². The van der Waals surface area contributed by atoms with Gasteiger partial charge in [0.15, 0.2) is 0 Å². The summed E-state index contributed by atoms with van der Waals surface area (Å²) in [5.74, 6) is 5.20. The Labute approximate surface area is 117 Å². The molecule has 2 heterocycles. The van der Waals surface area contributed by atoms with Crippen molar-refractivity contribution in [3.05, 3.63) is 29.6 Å². The third-order valence-corrected chi connectivity index (χ3v) is 3.08. The molecule has 0 atom stereocenters. The fourth-order valence-corrected chi connectivity index (χ4v) is 1.90. The van der Waals surface area contributed by atoms with Gasteiger partial charge in [0.1, 0.15) is 12.2 Å². The number of hydrogen-bond donors (Lipinski definition) is 1. The Morgan fingerprint density at radius 3 is 3.00 bits per heavy atom. The summed E-state index contributed by atoms with van der Waals surface area (Å²) < 4.78 is 0. The average Bonchev–Trinajstić information content (AvgIpc) is 2.47. The Bertz CT molecular complexity index is 588. The molecule has 0 unspecified atom stereocenters. The van der Waals surface area contributed by atoms with Gasteiger partial charge in [-0.1, -0.05) is 11.8 Å². The summed E-state index contributed by atoms with van der Waals surface area (Å²) in [5.41, 5.74) is 6.14. The lowest BCUT2D eigenvalue weighted by molar-refractivity contribution is -0.133. The van der Waals surface area contributed by atoms with E-state index >= 15 is 0 Å². The van der Waals surface area contributed by atoms with E-state index in [0.29, 0.717) is 18.7 Å². The lowest BCUT2D eigenvalue weighted by atomic mass is 10.1. The van der Waals surface area contributed by atoms with Crippen molar-refractivity contribution in [3.8, 4) is 11.8 Å². The number of piperazine rings is 1. The first-order valence-electron chi connectivity index (χ1n) is 6.30. The number of aromatic nitrogens is 1. The van der Waals surface area contributed by atoms with Gasteiger partial charge in [-0.15, -0.1) is 0 Å². The molecule has 6 nitrogen and oxygen atoms in total. The summed E-state index contributed by atoms with van der Waals surface area (Å²) in [6.07, 6.45) is 1.54. The monoisotopic (exact) mass is 272 g/mol. The molecule has 2 amide bonds. The molecule has 2 N–H and O–H groups in total. The smallest absolute Gasteiger partial charge is 0.274 e. The van der Waals surface area contributed by atoms with E-state index < -0.39 is 0 Å². The van der Waals surface area contributed by atoms with E-state index in [1.807, 2.05) is 0 Å². The third-order valence-electron chi connectivity index (χ3n) is 3.08. The van der Waals surface area contributed by atoms with Gasteiger partial charge >= 0.3 is 0 Å². The SMILES string of the molecule is CN1CCN(C(=O)c2ncccc2C#CCN)CC1=O. The van der Waals surface area contributed by atoms with Gasteiger partial charge in [0, 0.05) is 26.3 Å². The zero-order valence-electron chi connectivity index (χ0n) is 11.3. The number of likely N-dealkylation sites (N-methyl/N-ethyl adjacent to an activating group) is 1. The van der Waals surface area contributed by atoms with Crippen molar-refractivity contribution in [2.45, 2.75) is 0 Å². The molecule has 1 aliphatic heterocycles. The molecule has 2 rings (SSSR count). The van der Waals surface area contributed by atoms with E-state index in [1.165, 1.54) is 4.90 Å². The molecule has 104 valence electrons. The molecule has 6 heteroatoms. The molecule has 1 fully saturated rings. The summed E-state index contributed by atoms with van der Waals surface area (Å²) in [6, 6.07) is 3.44. The van der Waals surface area contributed by atoms with E-state index in [4.69, 9.17) is 5.73 Å². The largest absolute Gasteiger partial charge is 0.342 e. The summed E-state index contributed by atoms with van der Waals surface area (Å²) in [4.78, 5) is 31.3. The standard InChI is InChI=1S/C14H16N4O2/c1-17-8-9-18(10-12(17)19)14(20)13-11(4-2-6-15)5-3-7-16-13/h3,5,7H,6,8-10,15H2,1H3. The fourth-order valence-electron chi connectivity index (χ4n) is 1.90. The number of rotatable bonds is 1. The van der Waals surface area contributed by atoms with Crippen LogP contribution in [0.25, 0.3) is 0 Å². The number of carbonyl (C=O) groups excluding carboxylic acids is 2. The molecular formula is C14H16N4O2. The number of nitrogens with zero attached hydrogens (tertiary/aromatic N) is 3. The van der Waals surface area contributed by atoms with Crippen LogP contribution < -0.4 is 5.73 Å². The first kappa shape index (κ1) is 14.0. The molecule has 1 aromatic rings. The van der Waals surface area contributed by atoms with Crippen molar-refractivity contribution in [2.75, 3.05) is 33.2 Å². The second-order valence-corrected chi connectivity index (χ2v) is 4.45. The predicted octanol–water partition coefficient (Wildman–Crippen LogP) is -0.694. The maximum absolute atomic E-state index is 12.4. The highest BCUT2D eigenvalue weighted by molar-refractivity contribution is 5.97. The number of carbonyl (C=O) groups is 2. The Morgan fingerprint density at radius 2 is 2.30 bits per heavy atom. The molecule has 0 bridgehead atoms. The molecule has 0 saturated carbocycles. The second kappa shape index (κ2) is 6.17. The van der Waals surface area contributed by atoms with Gasteiger partial charge in [-0.05, 0) is 12.1 Å². The molecule has 1 aliphatic rings. The van der Waals surface area contributed by atoms with E-state index in [9.17, 15) is 9.59 Å². The first-order chi connectivity index (χ1) is 9.63. The molecule has 1 aromatic heterocycles. The van der Waals surface area contributed by atoms with E-state index in [-0.39, 0.29) is 30.6 Å². The summed E-state index contributed by atoms with van der Waals surface area (Å²) >= 11 is 0. The topological polar surface area (TPSA) is 79.5 Å². The van der Waals surface area contributed by atoms with Crippen molar-refractivity contribution < 1.29 is 9.59 Å². The third kappa shape index (κ3) is 2.95. The van der Waals surface area contributed by atoms with Crippen LogP contribution in [0.5, 0.6) is 0 Å². The minimum absolute atomic E-state index is 0.0740. The average molecular weight is 272 g/mol. The molecule has 0 radical (unpaired) electrons. The highest BCUT2D eigenvalue weighted by atomic mass is 16.2. The lowest BCUT2D eigenvalue weighted by Crippen LogP contribution is -2.50. The normalized spacial score (nSPS) is 14.8. The zero-order valence-corrected chi connectivity index (χ0v) is 11.3. The molecule has 0 aliphatic carbocycles. The summed E-state index contributed by atoms with van der Waals surface area (Å²) in [7, 11) is 1.73. The number of hydrogen-bond acceptors (Lipinski definition) is 4. The van der Waals surface area contributed by atoms with Gasteiger partial charge in [-0.2, -0.15) is 0 Å². The van der Waals surface area contributed by atoms with Gasteiger partial charge in [-0.3, -0.25) is 9.59 Å². The van der Waals surface area contributed by atoms with Crippen molar-refractivity contribution in [2.24, 2.45) is 5.73 Å². The molecular weight excluding hydrogens is 256 g/mol. The Balaban J connectivity index is 2.23. The van der Waals surface area contributed by atoms with Gasteiger partial charge in [0.2, 0.25) is 5.91 Å². The molecule has 0 spiro atoms. The van der Waals surface area contributed by atoms with Crippen LogP contribution in [0.3, 0.4) is 0 Å². The number of pyridine rings is 1. The highest BCUT2D eigenvalue weighted by Gasteiger charge is 2.27. The maximum atomic E-state index is 12.4. The highest BCUT2D eigenvalue weighted by Crippen LogP contribution is 2.10. The molecule has 1 saturated heterocycles. The van der Waals surface area contributed by atoms with Crippen molar-refractivity contribution in [3.63, 3.8) is 0 Å². The van der Waals surface area contributed by atoms with Gasteiger partial charge in [-0.25, -0.2) is 4.98 Å². The Hall–Kier alpha value is -2.39. The van der Waals surface area contributed by atoms with Crippen LogP contribution in [-0.2, 0) is 4.79 Å². The van der Waals surface area contributed by atoms with Crippen LogP contribution in [0.4, 0.5) is 0 Å². The van der Waals surface area contributed by atoms with Crippen LogP contribution in [0.2, 0.25) is 0 Å². The van der Waals surface area contributed by atoms with Crippen molar-refractivity contribution in [1.82, 2.24) is 14.8 Å². The number of amides is 2. The van der Waals surface area contributed by atoms with Crippen LogP contribution in [0, 0.1) is 11.8 Å². The minimum atomic E-state index is -0.270. The molecule has 20 heavy (non-hydrogen) atoms. The quantitative estimate of drug-likeness (QED) is 0.686. The van der Waals surface area contributed by atoms with E-state index in [2.05, 4.69) is 16.8 Å². The van der Waals surface area contributed by atoms with E-state index in [1.54, 1.807) is 30.3 Å². The predicted molar refractivity (Wildman–Crippen MR) is 73.7 cm³/mol. The summed E-state index contributed by atoms with van der Waals surface area (Å²) in [5, 5.41) is 0. The summed E-state index contributed by atoms with van der Waals surface area (Å²) in [6.45, 7) is 1.33. The van der Waals surface area contributed by atoms with E-state index in [0.717, 1.165) is 0 Å².